The molecular formula is C52H36N2. The summed E-state index contributed by atoms with van der Waals surface area (Å²) >= 11 is 0. The van der Waals surface area contributed by atoms with Crippen molar-refractivity contribution in [2.24, 2.45) is 0 Å². The van der Waals surface area contributed by atoms with Gasteiger partial charge in [0.2, 0.25) is 0 Å². The molecule has 0 unspecified atom stereocenters. The lowest BCUT2D eigenvalue weighted by Crippen LogP contribution is -1.93. The molecule has 9 rings (SSSR count). The zero-order chi connectivity index (χ0) is 36.1. The average molecular weight is 689 g/mol. The molecule has 9 aromatic rings. The van der Waals surface area contributed by atoms with Crippen molar-refractivity contribution in [2.75, 3.05) is 0 Å². The van der Waals surface area contributed by atoms with E-state index in [1.807, 2.05) is 36.9 Å². The highest BCUT2D eigenvalue weighted by Crippen LogP contribution is 2.43. The minimum atomic E-state index is 1.10. The van der Waals surface area contributed by atoms with Gasteiger partial charge in [-0.3, -0.25) is 9.97 Å². The van der Waals surface area contributed by atoms with Gasteiger partial charge in [-0.25, -0.2) is 0 Å². The molecule has 7 aromatic carbocycles. The van der Waals surface area contributed by atoms with Gasteiger partial charge >= 0.3 is 0 Å². The van der Waals surface area contributed by atoms with Gasteiger partial charge in [0, 0.05) is 24.8 Å². The van der Waals surface area contributed by atoms with Crippen LogP contribution < -0.4 is 0 Å². The summed E-state index contributed by atoms with van der Waals surface area (Å²) in [6.45, 7) is 0. The summed E-state index contributed by atoms with van der Waals surface area (Å²) in [5.74, 6) is 0. The minimum Gasteiger partial charge on any atom is -0.264 e. The normalized spacial score (nSPS) is 11.0. The average Bonchev–Trinajstić information content (AvgIpc) is 3.27. The van der Waals surface area contributed by atoms with Crippen molar-refractivity contribution in [3.8, 4) is 89.0 Å². The number of hydrogen-bond acceptors (Lipinski definition) is 2. The van der Waals surface area contributed by atoms with Gasteiger partial charge < -0.3 is 0 Å². The summed E-state index contributed by atoms with van der Waals surface area (Å²) in [7, 11) is 0. The van der Waals surface area contributed by atoms with E-state index in [1.165, 1.54) is 55.6 Å². The second-order valence-corrected chi connectivity index (χ2v) is 13.5. The predicted octanol–water partition coefficient (Wildman–Crippen LogP) is 13.8. The summed E-state index contributed by atoms with van der Waals surface area (Å²) in [6.07, 6.45) is 7.46. The lowest BCUT2D eigenvalue weighted by atomic mass is 9.84. The van der Waals surface area contributed by atoms with Crippen LogP contribution in [0, 0.1) is 0 Å². The number of rotatable bonds is 8. The standard InChI is InChI=1S/C52H36N2/c1-3-9-37(10-4-1)39-15-23-43(24-16-39)49-33-50(44-25-17-40(18-26-44)38-11-5-2-6-12-38)52(46-29-21-42(22-30-46)48-14-8-32-54-36-48)34-51(49)45-27-19-41(20-28-45)47-13-7-31-53-35-47/h1-36H. The summed E-state index contributed by atoms with van der Waals surface area (Å²) in [6, 6.07) is 69.8. The Balaban J connectivity index is 1.23. The topological polar surface area (TPSA) is 25.8 Å². The third-order valence-corrected chi connectivity index (χ3v) is 10.1. The summed E-state index contributed by atoms with van der Waals surface area (Å²) in [5, 5.41) is 0. The van der Waals surface area contributed by atoms with E-state index in [9.17, 15) is 0 Å². The first kappa shape index (κ1) is 32.7. The minimum absolute atomic E-state index is 1.10. The van der Waals surface area contributed by atoms with Crippen LogP contribution in [-0.2, 0) is 0 Å². The van der Waals surface area contributed by atoms with Gasteiger partial charge in [0.05, 0.1) is 0 Å². The van der Waals surface area contributed by atoms with Crippen molar-refractivity contribution in [3.05, 3.63) is 219 Å². The number of benzene rings is 7. The Kier molecular flexibility index (Phi) is 8.99. The molecular weight excluding hydrogens is 653 g/mol. The van der Waals surface area contributed by atoms with E-state index in [0.29, 0.717) is 0 Å². The Morgan fingerprint density at radius 2 is 0.444 bits per heavy atom. The molecule has 2 heterocycles. The molecule has 0 aliphatic heterocycles. The largest absolute Gasteiger partial charge is 0.264 e. The third-order valence-electron chi connectivity index (χ3n) is 10.1. The van der Waals surface area contributed by atoms with E-state index in [4.69, 9.17) is 0 Å². The Bertz CT molecular complexity index is 2240. The maximum absolute atomic E-state index is 4.35. The lowest BCUT2D eigenvalue weighted by molar-refractivity contribution is 1.33. The highest BCUT2D eigenvalue weighted by Gasteiger charge is 2.17. The quantitative estimate of drug-likeness (QED) is 0.159. The van der Waals surface area contributed by atoms with Crippen LogP contribution in [0.4, 0.5) is 0 Å². The third kappa shape index (κ3) is 6.77. The van der Waals surface area contributed by atoms with Crippen molar-refractivity contribution in [3.63, 3.8) is 0 Å². The molecule has 0 spiro atoms. The van der Waals surface area contributed by atoms with Crippen LogP contribution in [0.2, 0.25) is 0 Å². The van der Waals surface area contributed by atoms with E-state index in [1.54, 1.807) is 0 Å². The predicted molar refractivity (Wildman–Crippen MR) is 226 cm³/mol. The van der Waals surface area contributed by atoms with Crippen molar-refractivity contribution in [2.45, 2.75) is 0 Å². The van der Waals surface area contributed by atoms with Gasteiger partial charge in [0.1, 0.15) is 0 Å². The van der Waals surface area contributed by atoms with E-state index < -0.39 is 0 Å². The van der Waals surface area contributed by atoms with Crippen molar-refractivity contribution >= 4 is 0 Å². The molecule has 0 radical (unpaired) electrons. The molecule has 0 aliphatic carbocycles. The maximum Gasteiger partial charge on any atom is 0.0346 e. The molecule has 254 valence electrons. The second-order valence-electron chi connectivity index (χ2n) is 13.5. The van der Waals surface area contributed by atoms with Crippen molar-refractivity contribution in [1.29, 1.82) is 0 Å². The second kappa shape index (κ2) is 14.8. The monoisotopic (exact) mass is 688 g/mol. The van der Waals surface area contributed by atoms with Gasteiger partial charge in [0.25, 0.3) is 0 Å². The van der Waals surface area contributed by atoms with Gasteiger partial charge in [-0.15, -0.1) is 0 Å². The van der Waals surface area contributed by atoms with Crippen LogP contribution in [0.5, 0.6) is 0 Å². The molecule has 0 fully saturated rings. The molecule has 54 heavy (non-hydrogen) atoms. The molecule has 0 saturated heterocycles. The summed E-state index contributed by atoms with van der Waals surface area (Å²) in [5.41, 5.74) is 18.7. The first-order valence-corrected chi connectivity index (χ1v) is 18.3. The number of pyridine rings is 2. The fourth-order valence-corrected chi connectivity index (χ4v) is 7.25. The molecule has 0 atom stereocenters. The van der Waals surface area contributed by atoms with Crippen LogP contribution in [0.3, 0.4) is 0 Å². The van der Waals surface area contributed by atoms with Gasteiger partial charge in [0.15, 0.2) is 0 Å². The Morgan fingerprint density at radius 1 is 0.204 bits per heavy atom. The van der Waals surface area contributed by atoms with Crippen molar-refractivity contribution in [1.82, 2.24) is 9.97 Å². The molecule has 0 saturated carbocycles. The molecule has 0 bridgehead atoms. The maximum atomic E-state index is 4.35. The lowest BCUT2D eigenvalue weighted by Gasteiger charge is -2.19. The van der Waals surface area contributed by atoms with E-state index in [0.717, 1.165) is 33.4 Å². The SMILES string of the molecule is c1ccc(-c2ccc(-c3cc(-c4ccc(-c5ccccc5)cc4)c(-c4ccc(-c5cccnc5)cc4)cc3-c3ccc(-c4cccnc4)cc3)cc2)cc1. The number of aromatic nitrogens is 2. The number of hydrogen-bond donors (Lipinski definition) is 0. The van der Waals surface area contributed by atoms with Gasteiger partial charge in [-0.1, -0.05) is 170 Å². The highest BCUT2D eigenvalue weighted by molar-refractivity contribution is 5.96. The first-order valence-electron chi connectivity index (χ1n) is 18.3. The van der Waals surface area contributed by atoms with Crippen LogP contribution in [0.1, 0.15) is 0 Å². The molecule has 0 amide bonds. The summed E-state index contributed by atoms with van der Waals surface area (Å²) < 4.78 is 0. The van der Waals surface area contributed by atoms with Crippen LogP contribution in [0.15, 0.2) is 219 Å². The molecule has 2 nitrogen and oxygen atoms in total. The zero-order valence-electron chi connectivity index (χ0n) is 29.7. The van der Waals surface area contributed by atoms with Gasteiger partial charge in [-0.05, 0) is 113 Å². The van der Waals surface area contributed by atoms with E-state index >= 15 is 0 Å². The smallest absolute Gasteiger partial charge is 0.0346 e. The van der Waals surface area contributed by atoms with Crippen molar-refractivity contribution < 1.29 is 0 Å². The molecule has 2 aromatic heterocycles. The van der Waals surface area contributed by atoms with Crippen LogP contribution in [-0.4, -0.2) is 9.97 Å². The number of nitrogens with zero attached hydrogens (tertiary/aromatic N) is 2. The van der Waals surface area contributed by atoms with E-state index in [-0.39, 0.29) is 0 Å². The van der Waals surface area contributed by atoms with Crippen LogP contribution in [0.25, 0.3) is 89.0 Å². The first-order chi connectivity index (χ1) is 26.8. The molecule has 0 aliphatic rings. The fraction of sp³-hybridized carbons (Fsp3) is 0. The summed E-state index contributed by atoms with van der Waals surface area (Å²) in [4.78, 5) is 8.71. The van der Waals surface area contributed by atoms with Gasteiger partial charge in [-0.2, -0.15) is 0 Å². The Labute approximate surface area is 316 Å². The fourth-order valence-electron chi connectivity index (χ4n) is 7.25. The molecule has 2 heteroatoms. The Hall–Kier alpha value is -7.16. The molecule has 0 N–H and O–H groups in total. The Morgan fingerprint density at radius 3 is 0.722 bits per heavy atom. The zero-order valence-corrected chi connectivity index (χ0v) is 29.7. The highest BCUT2D eigenvalue weighted by atomic mass is 14.6. The van der Waals surface area contributed by atoms with Crippen LogP contribution >= 0.6 is 0 Å². The van der Waals surface area contributed by atoms with E-state index in [2.05, 4.69) is 192 Å².